The van der Waals surface area contributed by atoms with Gasteiger partial charge in [0.15, 0.2) is 5.78 Å². The summed E-state index contributed by atoms with van der Waals surface area (Å²) in [5.74, 6) is -1.81. The number of likely N-dealkylation sites (tertiary alicyclic amines) is 1. The molecule has 0 unspecified atom stereocenters. The normalized spacial score (nSPS) is 26.0. The van der Waals surface area contributed by atoms with Gasteiger partial charge in [-0.1, -0.05) is 54.6 Å². The monoisotopic (exact) mass is 430 g/mol. The molecule has 0 saturated carbocycles. The van der Waals surface area contributed by atoms with Crippen molar-refractivity contribution in [3.05, 3.63) is 71.8 Å². The molecule has 2 fully saturated rings. The van der Waals surface area contributed by atoms with Crippen LogP contribution in [-0.4, -0.2) is 54.8 Å². The van der Waals surface area contributed by atoms with Gasteiger partial charge in [0, 0.05) is 37.1 Å². The van der Waals surface area contributed by atoms with E-state index in [0.29, 0.717) is 25.1 Å². The Labute approximate surface area is 187 Å². The number of carbonyl (C=O) groups excluding carboxylic acids is 3. The molecular formula is C26H26N2O4. The lowest BCUT2D eigenvalue weighted by molar-refractivity contribution is -0.140. The molecule has 164 valence electrons. The SMILES string of the molecule is COCCCN1C(=O)[C@@H]2[C@H](C1=O)[C@@H](C(=O)c1ccccc1)N1c3ccccc3C(C)=C[C@@H]21. The Hall–Kier alpha value is -3.25. The number of fused-ring (bicyclic) bond motifs is 5. The van der Waals surface area contributed by atoms with Crippen molar-refractivity contribution in [3.8, 4) is 0 Å². The highest BCUT2D eigenvalue weighted by Crippen LogP contribution is 2.50. The van der Waals surface area contributed by atoms with Crippen LogP contribution in [0.25, 0.3) is 5.57 Å². The van der Waals surface area contributed by atoms with E-state index in [1.54, 1.807) is 19.2 Å². The Bertz CT molecular complexity index is 1110. The number of ketones is 1. The number of methoxy groups -OCH3 is 1. The standard InChI is InChI=1S/C26H26N2O4/c1-16-15-20-21-22(26(31)27(25(21)30)13-8-14-32-2)23(24(29)17-9-4-3-5-10-17)28(20)19-12-7-6-11-18(16)19/h3-7,9-12,15,20-23H,8,13-14H2,1-2H3/t20-,21-,22-,23-/m0/s1. The van der Waals surface area contributed by atoms with Gasteiger partial charge in [-0.2, -0.15) is 0 Å². The number of rotatable bonds is 6. The Morgan fingerprint density at radius 2 is 1.66 bits per heavy atom. The largest absolute Gasteiger partial charge is 0.385 e. The first-order chi connectivity index (χ1) is 15.5. The van der Waals surface area contributed by atoms with Gasteiger partial charge in [-0.3, -0.25) is 19.3 Å². The van der Waals surface area contributed by atoms with Crippen molar-refractivity contribution in [3.63, 3.8) is 0 Å². The summed E-state index contributed by atoms with van der Waals surface area (Å²) >= 11 is 0. The average Bonchev–Trinajstić information content (AvgIpc) is 3.28. The molecule has 32 heavy (non-hydrogen) atoms. The first-order valence-electron chi connectivity index (χ1n) is 11.0. The van der Waals surface area contributed by atoms with E-state index in [0.717, 1.165) is 16.8 Å². The van der Waals surface area contributed by atoms with Crippen molar-refractivity contribution in [2.75, 3.05) is 25.2 Å². The van der Waals surface area contributed by atoms with Gasteiger partial charge in [-0.25, -0.2) is 0 Å². The third kappa shape index (κ3) is 3.01. The lowest BCUT2D eigenvalue weighted by Gasteiger charge is -2.38. The average molecular weight is 431 g/mol. The van der Waals surface area contributed by atoms with Crippen LogP contribution >= 0.6 is 0 Å². The summed E-state index contributed by atoms with van der Waals surface area (Å²) in [6, 6.07) is 15.9. The molecule has 3 aliphatic heterocycles. The van der Waals surface area contributed by atoms with E-state index in [1.165, 1.54) is 4.90 Å². The Morgan fingerprint density at radius 1 is 0.969 bits per heavy atom. The molecule has 3 heterocycles. The van der Waals surface area contributed by atoms with Crippen LogP contribution in [-0.2, 0) is 14.3 Å². The zero-order chi connectivity index (χ0) is 22.4. The summed E-state index contributed by atoms with van der Waals surface area (Å²) in [5.41, 5.74) is 3.56. The summed E-state index contributed by atoms with van der Waals surface area (Å²) in [7, 11) is 1.60. The number of anilines is 1. The highest BCUT2D eigenvalue weighted by Gasteiger charge is 2.64. The van der Waals surface area contributed by atoms with Gasteiger partial charge in [0.05, 0.1) is 17.9 Å². The van der Waals surface area contributed by atoms with Crippen molar-refractivity contribution in [2.24, 2.45) is 11.8 Å². The Balaban J connectivity index is 1.61. The highest BCUT2D eigenvalue weighted by atomic mass is 16.5. The van der Waals surface area contributed by atoms with E-state index in [4.69, 9.17) is 4.74 Å². The molecule has 5 rings (SSSR count). The maximum absolute atomic E-state index is 13.8. The number of ether oxygens (including phenoxy) is 1. The maximum Gasteiger partial charge on any atom is 0.235 e. The number of amides is 2. The number of Topliss-reactive ketones (excluding diaryl/α,β-unsaturated/α-hetero) is 1. The van der Waals surface area contributed by atoms with Crippen molar-refractivity contribution < 1.29 is 19.1 Å². The van der Waals surface area contributed by atoms with Gasteiger partial charge >= 0.3 is 0 Å². The van der Waals surface area contributed by atoms with Crippen LogP contribution in [0.5, 0.6) is 0 Å². The van der Waals surface area contributed by atoms with Crippen LogP contribution in [0.3, 0.4) is 0 Å². The number of imide groups is 1. The first-order valence-corrected chi connectivity index (χ1v) is 11.0. The molecule has 6 nitrogen and oxygen atoms in total. The minimum atomic E-state index is -0.721. The fourth-order valence-corrected chi connectivity index (χ4v) is 5.52. The number of carbonyl (C=O) groups is 3. The number of benzene rings is 2. The van der Waals surface area contributed by atoms with Crippen molar-refractivity contribution in [1.29, 1.82) is 0 Å². The van der Waals surface area contributed by atoms with Gasteiger partial charge in [-0.05, 0) is 25.0 Å². The second-order valence-corrected chi connectivity index (χ2v) is 8.67. The molecule has 2 saturated heterocycles. The molecule has 0 bridgehead atoms. The van der Waals surface area contributed by atoms with Gasteiger partial charge < -0.3 is 9.64 Å². The Kier molecular flexibility index (Phi) is 5.18. The van der Waals surface area contributed by atoms with E-state index in [1.807, 2.05) is 54.3 Å². The zero-order valence-electron chi connectivity index (χ0n) is 18.2. The third-order valence-corrected chi connectivity index (χ3v) is 6.90. The van der Waals surface area contributed by atoms with Gasteiger partial charge in [0.2, 0.25) is 11.8 Å². The summed E-state index contributed by atoms with van der Waals surface area (Å²) in [6.07, 6.45) is 2.64. The number of hydrogen-bond acceptors (Lipinski definition) is 5. The molecule has 3 aliphatic rings. The first kappa shape index (κ1) is 20.6. The molecule has 0 N–H and O–H groups in total. The van der Waals surface area contributed by atoms with E-state index in [2.05, 4.69) is 6.08 Å². The van der Waals surface area contributed by atoms with E-state index < -0.39 is 17.9 Å². The maximum atomic E-state index is 13.8. The predicted octanol–water partition coefficient (Wildman–Crippen LogP) is 3.18. The molecule has 6 heteroatoms. The topological polar surface area (TPSA) is 66.9 Å². The van der Waals surface area contributed by atoms with E-state index in [9.17, 15) is 14.4 Å². The third-order valence-electron chi connectivity index (χ3n) is 6.90. The minimum Gasteiger partial charge on any atom is -0.385 e. The molecule has 0 spiro atoms. The van der Waals surface area contributed by atoms with Gasteiger partial charge in [0.1, 0.15) is 6.04 Å². The van der Waals surface area contributed by atoms with E-state index in [-0.39, 0.29) is 23.6 Å². The minimum absolute atomic E-state index is 0.120. The molecule has 4 atom stereocenters. The second kappa shape index (κ2) is 8.02. The number of para-hydroxylation sites is 1. The van der Waals surface area contributed by atoms with Gasteiger partial charge in [-0.15, -0.1) is 0 Å². The second-order valence-electron chi connectivity index (χ2n) is 8.67. The molecule has 0 aliphatic carbocycles. The number of nitrogens with zero attached hydrogens (tertiary/aromatic N) is 2. The molecule has 0 radical (unpaired) electrons. The fraction of sp³-hybridized carbons (Fsp3) is 0.346. The van der Waals surface area contributed by atoms with Crippen LogP contribution in [0.15, 0.2) is 60.7 Å². The molecule has 2 aromatic carbocycles. The lowest BCUT2D eigenvalue weighted by Crippen LogP contribution is -2.49. The highest BCUT2D eigenvalue weighted by molar-refractivity contribution is 6.14. The van der Waals surface area contributed by atoms with Crippen LogP contribution < -0.4 is 4.90 Å². The fourth-order valence-electron chi connectivity index (χ4n) is 5.52. The predicted molar refractivity (Wildman–Crippen MR) is 121 cm³/mol. The van der Waals surface area contributed by atoms with Crippen LogP contribution in [0, 0.1) is 11.8 Å². The molecule has 2 aromatic rings. The van der Waals surface area contributed by atoms with Crippen LogP contribution in [0.2, 0.25) is 0 Å². The summed E-state index contributed by atoms with van der Waals surface area (Å²) < 4.78 is 5.10. The van der Waals surface area contributed by atoms with E-state index >= 15 is 0 Å². The van der Waals surface area contributed by atoms with Crippen LogP contribution in [0.4, 0.5) is 5.69 Å². The van der Waals surface area contributed by atoms with Crippen molar-refractivity contribution in [2.45, 2.75) is 25.4 Å². The summed E-state index contributed by atoms with van der Waals surface area (Å²) in [5, 5.41) is 0. The quantitative estimate of drug-likeness (QED) is 0.400. The van der Waals surface area contributed by atoms with Crippen molar-refractivity contribution >= 4 is 28.9 Å². The van der Waals surface area contributed by atoms with Crippen LogP contribution in [0.1, 0.15) is 29.3 Å². The van der Waals surface area contributed by atoms with Crippen molar-refractivity contribution in [1.82, 2.24) is 4.90 Å². The molecular weight excluding hydrogens is 404 g/mol. The Morgan fingerprint density at radius 3 is 2.41 bits per heavy atom. The smallest absolute Gasteiger partial charge is 0.235 e. The summed E-state index contributed by atoms with van der Waals surface area (Å²) in [6.45, 7) is 2.81. The molecule has 0 aromatic heterocycles. The lowest BCUT2D eigenvalue weighted by atomic mass is 9.85. The number of hydrogen-bond donors (Lipinski definition) is 0. The van der Waals surface area contributed by atoms with Gasteiger partial charge in [0.25, 0.3) is 0 Å². The number of allylic oxidation sites excluding steroid dienone is 1. The summed E-state index contributed by atoms with van der Waals surface area (Å²) in [4.78, 5) is 44.2. The zero-order valence-corrected chi connectivity index (χ0v) is 18.2. The molecule has 2 amide bonds.